The molecule has 33 heavy (non-hydrogen) atoms. The fraction of sp³-hybridized carbons (Fsp3) is 0.214. The average Bonchev–Trinajstić information content (AvgIpc) is 3.06. The molecular weight excluding hydrogens is 414 g/mol. The molecule has 0 aliphatic carbocycles. The quantitative estimate of drug-likeness (QED) is 0.313. The summed E-state index contributed by atoms with van der Waals surface area (Å²) in [6.45, 7) is 7.82. The van der Waals surface area contributed by atoms with E-state index in [2.05, 4.69) is 0 Å². The summed E-state index contributed by atoms with van der Waals surface area (Å²) in [4.78, 5) is 28.0. The van der Waals surface area contributed by atoms with E-state index in [9.17, 15) is 14.7 Å². The van der Waals surface area contributed by atoms with Gasteiger partial charge < -0.3 is 9.84 Å². The highest BCUT2D eigenvalue weighted by Gasteiger charge is 2.47. The summed E-state index contributed by atoms with van der Waals surface area (Å²) in [6.07, 6.45) is -0.0318. The third-order valence-corrected chi connectivity index (χ3v) is 5.81. The Balaban J connectivity index is 1.94. The number of aliphatic hydroxyl groups excluding tert-OH is 1. The Morgan fingerprint density at radius 2 is 1.64 bits per heavy atom. The molecule has 0 saturated carbocycles. The molecule has 0 radical (unpaired) electrons. The molecule has 3 aromatic carbocycles. The number of carbonyl (C=O) groups is 2. The number of nitrogens with zero attached hydrogens (tertiary/aromatic N) is 1. The first-order valence-electron chi connectivity index (χ1n) is 11.0. The molecule has 0 bridgehead atoms. The van der Waals surface area contributed by atoms with Crippen LogP contribution in [0.2, 0.25) is 0 Å². The maximum atomic E-state index is 13.3. The van der Waals surface area contributed by atoms with Gasteiger partial charge in [-0.3, -0.25) is 14.5 Å². The molecule has 1 atom stereocenters. The van der Waals surface area contributed by atoms with E-state index >= 15 is 0 Å². The molecule has 3 aromatic rings. The second-order valence-electron chi connectivity index (χ2n) is 8.54. The van der Waals surface area contributed by atoms with Crippen molar-refractivity contribution in [1.82, 2.24) is 0 Å². The minimum Gasteiger partial charge on any atom is -0.507 e. The topological polar surface area (TPSA) is 66.8 Å². The van der Waals surface area contributed by atoms with Gasteiger partial charge in [0.05, 0.1) is 17.7 Å². The molecular formula is C28H27NO4. The summed E-state index contributed by atoms with van der Waals surface area (Å²) in [5.74, 6) is -0.945. The van der Waals surface area contributed by atoms with Crippen molar-refractivity contribution in [1.29, 1.82) is 0 Å². The Kier molecular flexibility index (Phi) is 6.05. The van der Waals surface area contributed by atoms with Gasteiger partial charge in [0, 0.05) is 11.3 Å². The minimum absolute atomic E-state index is 0.0318. The lowest BCUT2D eigenvalue weighted by molar-refractivity contribution is -0.132. The second-order valence-corrected chi connectivity index (χ2v) is 8.54. The smallest absolute Gasteiger partial charge is 0.300 e. The first kappa shape index (κ1) is 22.3. The minimum atomic E-state index is -0.789. The first-order chi connectivity index (χ1) is 15.8. The molecule has 4 rings (SSSR count). The van der Waals surface area contributed by atoms with Gasteiger partial charge in [-0.15, -0.1) is 0 Å². The molecule has 1 amide bonds. The van der Waals surface area contributed by atoms with Gasteiger partial charge in [0.1, 0.15) is 11.5 Å². The SMILES string of the molecule is Cc1ccc(N2C(=O)C(=O)/C(=C(/O)c3ccccc3)C2c2cccc(OC(C)C)c2)cc1C. The Morgan fingerprint density at radius 3 is 2.30 bits per heavy atom. The molecule has 5 nitrogen and oxygen atoms in total. The normalized spacial score (nSPS) is 17.6. The second kappa shape index (κ2) is 8.94. The lowest BCUT2D eigenvalue weighted by Crippen LogP contribution is -2.29. The number of carbonyl (C=O) groups excluding carboxylic acids is 2. The number of ketones is 1. The Bertz CT molecular complexity index is 1240. The van der Waals surface area contributed by atoms with E-state index in [1.807, 2.05) is 76.2 Å². The fourth-order valence-corrected chi connectivity index (χ4v) is 4.07. The third kappa shape index (κ3) is 4.27. The standard InChI is InChI=1S/C28H27NO4/c1-17(2)33-23-12-8-11-21(16-23)25-24(26(30)20-9-6-5-7-10-20)27(31)28(32)29(25)22-14-13-18(3)19(4)15-22/h5-17,25,30H,1-4H3/b26-24+. The number of Topliss-reactive ketones (excluding diaryl/α,β-unsaturated/α-hetero) is 1. The van der Waals surface area contributed by atoms with Gasteiger partial charge in [-0.25, -0.2) is 0 Å². The van der Waals surface area contributed by atoms with Crippen LogP contribution in [0, 0.1) is 13.8 Å². The lowest BCUT2D eigenvalue weighted by atomic mass is 9.95. The Morgan fingerprint density at radius 1 is 0.909 bits per heavy atom. The van der Waals surface area contributed by atoms with E-state index in [0.717, 1.165) is 11.1 Å². The highest BCUT2D eigenvalue weighted by Crippen LogP contribution is 2.43. The summed E-state index contributed by atoms with van der Waals surface area (Å²) in [6, 6.07) is 21.0. The number of hydrogen-bond acceptors (Lipinski definition) is 4. The van der Waals surface area contributed by atoms with Gasteiger partial charge in [-0.2, -0.15) is 0 Å². The molecule has 1 saturated heterocycles. The number of ether oxygens (including phenoxy) is 1. The van der Waals surface area contributed by atoms with Crippen LogP contribution in [-0.2, 0) is 9.59 Å². The highest BCUT2D eigenvalue weighted by atomic mass is 16.5. The van der Waals surface area contributed by atoms with E-state index in [-0.39, 0.29) is 17.4 Å². The molecule has 0 spiro atoms. The number of hydrogen-bond donors (Lipinski definition) is 1. The van der Waals surface area contributed by atoms with Crippen molar-refractivity contribution in [3.8, 4) is 5.75 Å². The van der Waals surface area contributed by atoms with Gasteiger partial charge in [0.25, 0.3) is 11.7 Å². The maximum Gasteiger partial charge on any atom is 0.300 e. The van der Waals surface area contributed by atoms with Crippen LogP contribution in [0.5, 0.6) is 5.75 Å². The zero-order valence-electron chi connectivity index (χ0n) is 19.2. The van der Waals surface area contributed by atoms with E-state index in [1.165, 1.54) is 4.90 Å². The van der Waals surface area contributed by atoms with E-state index in [0.29, 0.717) is 22.6 Å². The number of aryl methyl sites for hydroxylation is 2. The number of amides is 1. The largest absolute Gasteiger partial charge is 0.507 e. The summed E-state index contributed by atoms with van der Waals surface area (Å²) >= 11 is 0. The van der Waals surface area contributed by atoms with Crippen molar-refractivity contribution in [2.45, 2.75) is 39.8 Å². The summed E-state index contributed by atoms with van der Waals surface area (Å²) in [5, 5.41) is 11.2. The number of rotatable bonds is 5. The van der Waals surface area contributed by atoms with Crippen molar-refractivity contribution in [2.24, 2.45) is 0 Å². The van der Waals surface area contributed by atoms with Crippen LogP contribution in [-0.4, -0.2) is 22.9 Å². The molecule has 1 aliphatic rings. The van der Waals surface area contributed by atoms with E-state index in [1.54, 1.807) is 24.3 Å². The van der Waals surface area contributed by atoms with Crippen LogP contribution < -0.4 is 9.64 Å². The molecule has 1 N–H and O–H groups in total. The molecule has 1 unspecified atom stereocenters. The highest BCUT2D eigenvalue weighted by molar-refractivity contribution is 6.51. The van der Waals surface area contributed by atoms with Gasteiger partial charge in [-0.05, 0) is 68.7 Å². The van der Waals surface area contributed by atoms with Crippen molar-refractivity contribution in [3.05, 3.63) is 101 Å². The lowest BCUT2D eigenvalue weighted by Gasteiger charge is -2.26. The molecule has 0 aromatic heterocycles. The van der Waals surface area contributed by atoms with Crippen molar-refractivity contribution < 1.29 is 19.4 Å². The third-order valence-electron chi connectivity index (χ3n) is 5.81. The average molecular weight is 442 g/mol. The summed E-state index contributed by atoms with van der Waals surface area (Å²) in [5.41, 5.74) is 3.92. The maximum absolute atomic E-state index is 13.3. The molecule has 5 heteroatoms. The number of benzene rings is 3. The van der Waals surface area contributed by atoms with Crippen LogP contribution >= 0.6 is 0 Å². The molecule has 1 heterocycles. The fourth-order valence-electron chi connectivity index (χ4n) is 4.07. The Labute approximate surface area is 193 Å². The Hall–Kier alpha value is -3.86. The zero-order chi connectivity index (χ0) is 23.7. The zero-order valence-corrected chi connectivity index (χ0v) is 19.2. The van der Waals surface area contributed by atoms with E-state index in [4.69, 9.17) is 4.74 Å². The van der Waals surface area contributed by atoms with E-state index < -0.39 is 17.7 Å². The molecule has 1 aliphatic heterocycles. The van der Waals surface area contributed by atoms with Gasteiger partial charge >= 0.3 is 0 Å². The van der Waals surface area contributed by atoms with Crippen LogP contribution in [0.4, 0.5) is 5.69 Å². The van der Waals surface area contributed by atoms with Crippen LogP contribution in [0.25, 0.3) is 5.76 Å². The first-order valence-corrected chi connectivity index (χ1v) is 11.0. The van der Waals surface area contributed by atoms with Crippen molar-refractivity contribution >= 4 is 23.1 Å². The predicted molar refractivity (Wildman–Crippen MR) is 129 cm³/mol. The van der Waals surface area contributed by atoms with Gasteiger partial charge in [0.15, 0.2) is 0 Å². The van der Waals surface area contributed by atoms with Crippen molar-refractivity contribution in [2.75, 3.05) is 4.90 Å². The predicted octanol–water partition coefficient (Wildman–Crippen LogP) is 5.72. The number of aliphatic hydroxyl groups is 1. The summed E-state index contributed by atoms with van der Waals surface area (Å²) < 4.78 is 5.86. The van der Waals surface area contributed by atoms with Crippen molar-refractivity contribution in [3.63, 3.8) is 0 Å². The monoisotopic (exact) mass is 441 g/mol. The van der Waals surface area contributed by atoms with Gasteiger partial charge in [0.2, 0.25) is 0 Å². The van der Waals surface area contributed by atoms with Gasteiger partial charge in [-0.1, -0.05) is 48.5 Å². The molecule has 1 fully saturated rings. The molecule has 168 valence electrons. The number of anilines is 1. The van der Waals surface area contributed by atoms with Crippen LogP contribution in [0.3, 0.4) is 0 Å². The summed E-state index contributed by atoms with van der Waals surface area (Å²) in [7, 11) is 0. The van der Waals surface area contributed by atoms with Crippen LogP contribution in [0.1, 0.15) is 42.1 Å². The van der Waals surface area contributed by atoms with Crippen LogP contribution in [0.15, 0.2) is 78.4 Å².